The Bertz CT molecular complexity index is 1390. The van der Waals surface area contributed by atoms with E-state index >= 15 is 0 Å². The number of fused-ring (bicyclic) bond motifs is 1. The SMILES string of the molecule is Nc1nc(N2CCN(Cc3ccc(-c4ccccc4)cc3)CC2)cc2nc(-c3ccco3)nn12. The monoisotopic (exact) mass is 451 g/mol. The molecule has 6 rings (SSSR count). The summed E-state index contributed by atoms with van der Waals surface area (Å²) in [5.41, 5.74) is 10.7. The van der Waals surface area contributed by atoms with Crippen molar-refractivity contribution in [3.8, 4) is 22.7 Å². The van der Waals surface area contributed by atoms with Crippen LogP contribution in [0, 0.1) is 0 Å². The van der Waals surface area contributed by atoms with Gasteiger partial charge >= 0.3 is 0 Å². The van der Waals surface area contributed by atoms with Gasteiger partial charge in [-0.1, -0.05) is 54.6 Å². The van der Waals surface area contributed by atoms with Crippen LogP contribution >= 0.6 is 0 Å². The number of anilines is 2. The standard InChI is InChI=1S/C26H25N7O/c27-26-29-23(17-24-28-25(30-33(24)26)22-7-4-16-34-22)32-14-12-31(13-15-32)18-19-8-10-21(11-9-19)20-5-2-1-3-6-20/h1-11,16-17H,12-15,18H2,(H2,27,29). The molecule has 5 aromatic rings. The van der Waals surface area contributed by atoms with E-state index in [9.17, 15) is 0 Å². The lowest BCUT2D eigenvalue weighted by Crippen LogP contribution is -2.46. The van der Waals surface area contributed by atoms with Crippen LogP contribution in [0.3, 0.4) is 0 Å². The number of hydrogen-bond acceptors (Lipinski definition) is 7. The maximum Gasteiger partial charge on any atom is 0.225 e. The number of nitrogens with zero attached hydrogens (tertiary/aromatic N) is 6. The number of benzene rings is 2. The average Bonchev–Trinajstić information content (AvgIpc) is 3.56. The molecule has 0 unspecified atom stereocenters. The average molecular weight is 452 g/mol. The van der Waals surface area contributed by atoms with Gasteiger partial charge in [-0.2, -0.15) is 9.50 Å². The van der Waals surface area contributed by atoms with E-state index in [-0.39, 0.29) is 0 Å². The lowest BCUT2D eigenvalue weighted by atomic mass is 10.0. The van der Waals surface area contributed by atoms with Crippen molar-refractivity contribution in [2.24, 2.45) is 0 Å². The quantitative estimate of drug-likeness (QED) is 0.433. The molecule has 0 saturated carbocycles. The Hall–Kier alpha value is -4.17. The van der Waals surface area contributed by atoms with Crippen LogP contribution in [0.4, 0.5) is 11.8 Å². The molecule has 2 N–H and O–H groups in total. The zero-order chi connectivity index (χ0) is 22.9. The number of furan rings is 1. The summed E-state index contributed by atoms with van der Waals surface area (Å²) in [5.74, 6) is 2.25. The van der Waals surface area contributed by atoms with Crippen LogP contribution in [0.2, 0.25) is 0 Å². The first-order chi connectivity index (χ1) is 16.7. The highest BCUT2D eigenvalue weighted by Gasteiger charge is 2.20. The summed E-state index contributed by atoms with van der Waals surface area (Å²) in [6, 6.07) is 24.9. The molecular formula is C26H25N7O. The van der Waals surface area contributed by atoms with Crippen molar-refractivity contribution in [2.75, 3.05) is 36.8 Å². The molecule has 0 amide bonds. The predicted octanol–water partition coefficient (Wildman–Crippen LogP) is 3.96. The summed E-state index contributed by atoms with van der Waals surface area (Å²) < 4.78 is 6.96. The van der Waals surface area contributed by atoms with Crippen LogP contribution in [0.25, 0.3) is 28.4 Å². The van der Waals surface area contributed by atoms with E-state index in [1.165, 1.54) is 16.7 Å². The number of aromatic nitrogens is 4. The fourth-order valence-corrected chi connectivity index (χ4v) is 4.40. The van der Waals surface area contributed by atoms with Crippen LogP contribution in [-0.4, -0.2) is 50.7 Å². The second-order valence-corrected chi connectivity index (χ2v) is 8.48. The van der Waals surface area contributed by atoms with Gasteiger partial charge in [-0.05, 0) is 28.8 Å². The molecule has 8 nitrogen and oxygen atoms in total. The molecule has 1 aliphatic heterocycles. The molecule has 2 aromatic carbocycles. The van der Waals surface area contributed by atoms with E-state index in [2.05, 4.69) is 73.4 Å². The molecular weight excluding hydrogens is 426 g/mol. The van der Waals surface area contributed by atoms with E-state index in [0.717, 1.165) is 38.5 Å². The number of nitrogens with two attached hydrogens (primary N) is 1. The Morgan fingerprint density at radius 2 is 1.59 bits per heavy atom. The minimum atomic E-state index is 0.318. The third-order valence-corrected chi connectivity index (χ3v) is 6.24. The Labute approximate surface area is 197 Å². The number of piperazine rings is 1. The van der Waals surface area contributed by atoms with Crippen molar-refractivity contribution >= 4 is 17.4 Å². The normalized spacial score (nSPS) is 14.6. The molecule has 3 aromatic heterocycles. The Morgan fingerprint density at radius 1 is 0.824 bits per heavy atom. The minimum absolute atomic E-state index is 0.318. The summed E-state index contributed by atoms with van der Waals surface area (Å²) >= 11 is 0. The van der Waals surface area contributed by atoms with E-state index in [1.807, 2.05) is 24.3 Å². The fraction of sp³-hybridized carbons (Fsp3) is 0.192. The third-order valence-electron chi connectivity index (χ3n) is 6.24. The molecule has 170 valence electrons. The summed E-state index contributed by atoms with van der Waals surface area (Å²) in [7, 11) is 0. The first-order valence-corrected chi connectivity index (χ1v) is 11.4. The second kappa shape index (κ2) is 8.64. The third kappa shape index (κ3) is 3.99. The molecule has 1 saturated heterocycles. The van der Waals surface area contributed by atoms with E-state index < -0.39 is 0 Å². The van der Waals surface area contributed by atoms with Gasteiger partial charge in [0.05, 0.1) is 6.26 Å². The summed E-state index contributed by atoms with van der Waals surface area (Å²) in [6.45, 7) is 4.61. The van der Waals surface area contributed by atoms with E-state index in [1.54, 1.807) is 10.8 Å². The first-order valence-electron chi connectivity index (χ1n) is 11.4. The summed E-state index contributed by atoms with van der Waals surface area (Å²) in [4.78, 5) is 13.9. The Balaban J connectivity index is 1.11. The maximum atomic E-state index is 6.20. The molecule has 1 fully saturated rings. The van der Waals surface area contributed by atoms with Crippen LogP contribution in [0.15, 0.2) is 83.5 Å². The van der Waals surface area contributed by atoms with Crippen LogP contribution in [-0.2, 0) is 6.54 Å². The summed E-state index contributed by atoms with van der Waals surface area (Å²) in [5, 5.41) is 4.42. The lowest BCUT2D eigenvalue weighted by Gasteiger charge is -2.35. The van der Waals surface area contributed by atoms with Crippen LogP contribution in [0.1, 0.15) is 5.56 Å². The molecule has 0 radical (unpaired) electrons. The molecule has 34 heavy (non-hydrogen) atoms. The first kappa shape index (κ1) is 20.4. The van der Waals surface area contributed by atoms with Crippen molar-refractivity contribution in [1.82, 2.24) is 24.5 Å². The van der Waals surface area contributed by atoms with Crippen molar-refractivity contribution in [1.29, 1.82) is 0 Å². The highest BCUT2D eigenvalue weighted by molar-refractivity contribution is 5.63. The van der Waals surface area contributed by atoms with Gasteiger partial charge in [-0.25, -0.2) is 4.98 Å². The van der Waals surface area contributed by atoms with Gasteiger partial charge < -0.3 is 15.1 Å². The number of hydrogen-bond donors (Lipinski definition) is 1. The van der Waals surface area contributed by atoms with Gasteiger partial charge in [-0.15, -0.1) is 5.10 Å². The Morgan fingerprint density at radius 3 is 2.32 bits per heavy atom. The van der Waals surface area contributed by atoms with Gasteiger partial charge in [0, 0.05) is 38.8 Å². The highest BCUT2D eigenvalue weighted by Crippen LogP contribution is 2.23. The van der Waals surface area contributed by atoms with Gasteiger partial charge in [0.25, 0.3) is 0 Å². The fourth-order valence-electron chi connectivity index (χ4n) is 4.40. The summed E-state index contributed by atoms with van der Waals surface area (Å²) in [6.07, 6.45) is 1.60. The van der Waals surface area contributed by atoms with Gasteiger partial charge in [0.1, 0.15) is 5.82 Å². The van der Waals surface area contributed by atoms with E-state index in [0.29, 0.717) is 23.2 Å². The van der Waals surface area contributed by atoms with Crippen LogP contribution < -0.4 is 10.6 Å². The second-order valence-electron chi connectivity index (χ2n) is 8.48. The van der Waals surface area contributed by atoms with Gasteiger partial charge in [-0.3, -0.25) is 4.90 Å². The molecule has 4 heterocycles. The van der Waals surface area contributed by atoms with Crippen molar-refractivity contribution in [2.45, 2.75) is 6.54 Å². The topological polar surface area (TPSA) is 88.7 Å². The van der Waals surface area contributed by atoms with E-state index in [4.69, 9.17) is 10.2 Å². The van der Waals surface area contributed by atoms with Gasteiger partial charge in [0.15, 0.2) is 11.4 Å². The van der Waals surface area contributed by atoms with Crippen molar-refractivity contribution < 1.29 is 4.42 Å². The molecule has 1 aliphatic rings. The predicted molar refractivity (Wildman–Crippen MR) is 132 cm³/mol. The number of rotatable bonds is 5. The maximum absolute atomic E-state index is 6.20. The zero-order valence-corrected chi connectivity index (χ0v) is 18.7. The molecule has 0 spiro atoms. The largest absolute Gasteiger partial charge is 0.461 e. The zero-order valence-electron chi connectivity index (χ0n) is 18.7. The smallest absolute Gasteiger partial charge is 0.225 e. The number of nitrogen functional groups attached to an aromatic ring is 1. The molecule has 0 atom stereocenters. The molecule has 0 aliphatic carbocycles. The minimum Gasteiger partial charge on any atom is -0.461 e. The van der Waals surface area contributed by atoms with Crippen molar-refractivity contribution in [3.63, 3.8) is 0 Å². The highest BCUT2D eigenvalue weighted by atomic mass is 16.3. The van der Waals surface area contributed by atoms with Crippen LogP contribution in [0.5, 0.6) is 0 Å². The van der Waals surface area contributed by atoms with Crippen molar-refractivity contribution in [3.05, 3.63) is 84.6 Å². The Kier molecular flexibility index (Phi) is 5.20. The molecule has 8 heteroatoms. The molecule has 0 bridgehead atoms. The van der Waals surface area contributed by atoms with Gasteiger partial charge in [0.2, 0.25) is 11.8 Å². The lowest BCUT2D eigenvalue weighted by molar-refractivity contribution is 0.249.